The van der Waals surface area contributed by atoms with E-state index in [2.05, 4.69) is 31.8 Å². The van der Waals surface area contributed by atoms with E-state index in [0.29, 0.717) is 6.54 Å². The maximum absolute atomic E-state index is 8.20. The second-order valence-electron chi connectivity index (χ2n) is 4.34. The fourth-order valence-corrected chi connectivity index (χ4v) is 3.44. The summed E-state index contributed by atoms with van der Waals surface area (Å²) in [6.45, 7) is 2.63. The fraction of sp³-hybridized carbons (Fsp3) is 0.462. The largest absolute Gasteiger partial charge is 0.247 e. The molecule has 0 N–H and O–H groups in total. The van der Waals surface area contributed by atoms with Crippen LogP contribution in [0.3, 0.4) is 0 Å². The Morgan fingerprint density at radius 3 is 2.89 bits per heavy atom. The lowest BCUT2D eigenvalue weighted by atomic mass is 10.1. The van der Waals surface area contributed by atoms with Gasteiger partial charge in [-0.2, -0.15) is 0 Å². The minimum absolute atomic E-state index is 0.583. The predicted octanol–water partition coefficient (Wildman–Crippen LogP) is 4.54. The van der Waals surface area contributed by atoms with Gasteiger partial charge in [0.05, 0.1) is 10.7 Å². The van der Waals surface area contributed by atoms with Crippen LogP contribution < -0.4 is 0 Å². The van der Waals surface area contributed by atoms with E-state index in [4.69, 9.17) is 5.53 Å². The number of aryl methyl sites for hydroxylation is 4. The van der Waals surface area contributed by atoms with Crippen LogP contribution in [0.15, 0.2) is 21.9 Å². The molecule has 0 unspecified atom stereocenters. The van der Waals surface area contributed by atoms with Gasteiger partial charge in [0.25, 0.3) is 0 Å². The first-order chi connectivity index (χ1) is 9.28. The summed E-state index contributed by atoms with van der Waals surface area (Å²) in [6, 6.07) is 2.26. The summed E-state index contributed by atoms with van der Waals surface area (Å²) in [6.07, 6.45) is 3.99. The van der Waals surface area contributed by atoms with Crippen LogP contribution in [0.25, 0.3) is 10.4 Å². The van der Waals surface area contributed by atoms with Crippen LogP contribution in [-0.2, 0) is 19.3 Å². The summed E-state index contributed by atoms with van der Waals surface area (Å²) < 4.78 is 0. The van der Waals surface area contributed by atoms with Gasteiger partial charge in [-0.3, -0.25) is 0 Å². The third-order valence-corrected chi connectivity index (χ3v) is 4.66. The van der Waals surface area contributed by atoms with Crippen molar-refractivity contribution in [2.75, 3.05) is 6.54 Å². The van der Waals surface area contributed by atoms with Crippen molar-refractivity contribution in [3.05, 3.63) is 48.4 Å². The lowest BCUT2D eigenvalue weighted by Crippen LogP contribution is -1.89. The first-order valence-corrected chi connectivity index (χ1v) is 8.02. The first kappa shape index (κ1) is 14.1. The number of nitrogens with zero attached hydrogens (tertiary/aromatic N) is 4. The van der Waals surface area contributed by atoms with Crippen LogP contribution in [0.2, 0.25) is 0 Å². The minimum atomic E-state index is 0.583. The maximum Gasteiger partial charge on any atom is 0.0897 e. The monoisotopic (exact) mass is 292 g/mol. The van der Waals surface area contributed by atoms with Gasteiger partial charge in [-0.15, -0.1) is 22.7 Å². The van der Waals surface area contributed by atoms with Crippen molar-refractivity contribution >= 4 is 22.7 Å². The van der Waals surface area contributed by atoms with Crippen molar-refractivity contribution in [1.29, 1.82) is 0 Å². The Hall–Kier alpha value is -1.36. The van der Waals surface area contributed by atoms with Gasteiger partial charge in [0.15, 0.2) is 0 Å². The molecule has 0 aliphatic rings. The molecule has 0 fully saturated rings. The summed E-state index contributed by atoms with van der Waals surface area (Å²) >= 11 is 3.52. The highest BCUT2D eigenvalue weighted by Crippen LogP contribution is 2.19. The standard InChI is InChI=1S/C13H16N4S2/c1-10-16-12(9-18-10)4-5-13-7-11(8-19-13)3-2-6-15-17-14/h7-9H,2-6H2,1H3. The molecule has 0 radical (unpaired) electrons. The van der Waals surface area contributed by atoms with E-state index in [9.17, 15) is 0 Å². The number of hydrogen-bond acceptors (Lipinski definition) is 4. The Labute approximate surface area is 120 Å². The number of hydrogen-bond donors (Lipinski definition) is 0. The number of thiazole rings is 1. The zero-order chi connectivity index (χ0) is 13.5. The van der Waals surface area contributed by atoms with E-state index in [-0.39, 0.29) is 0 Å². The molecule has 0 saturated carbocycles. The molecule has 2 aromatic heterocycles. The normalized spacial score (nSPS) is 10.4. The van der Waals surface area contributed by atoms with Crippen molar-refractivity contribution in [2.45, 2.75) is 32.6 Å². The molecular formula is C13H16N4S2. The summed E-state index contributed by atoms with van der Waals surface area (Å²) in [7, 11) is 0. The highest BCUT2D eigenvalue weighted by Gasteiger charge is 2.03. The third-order valence-electron chi connectivity index (χ3n) is 2.79. The molecule has 0 bridgehead atoms. The molecule has 0 aliphatic heterocycles. The summed E-state index contributed by atoms with van der Waals surface area (Å²) in [5, 5.41) is 9.04. The Bertz CT molecular complexity index is 567. The van der Waals surface area contributed by atoms with Crippen molar-refractivity contribution < 1.29 is 0 Å². The van der Waals surface area contributed by atoms with Gasteiger partial charge in [-0.1, -0.05) is 5.11 Å². The van der Waals surface area contributed by atoms with Gasteiger partial charge >= 0.3 is 0 Å². The maximum atomic E-state index is 8.20. The summed E-state index contributed by atoms with van der Waals surface area (Å²) in [4.78, 5) is 8.64. The highest BCUT2D eigenvalue weighted by atomic mass is 32.1. The molecule has 4 nitrogen and oxygen atoms in total. The van der Waals surface area contributed by atoms with Gasteiger partial charge in [0, 0.05) is 21.7 Å². The Morgan fingerprint density at radius 1 is 1.26 bits per heavy atom. The molecule has 0 spiro atoms. The molecule has 0 atom stereocenters. The Morgan fingerprint density at radius 2 is 2.16 bits per heavy atom. The Kier molecular flexibility index (Phi) is 5.39. The van der Waals surface area contributed by atoms with Crippen LogP contribution in [0.4, 0.5) is 0 Å². The van der Waals surface area contributed by atoms with Gasteiger partial charge in [0.1, 0.15) is 0 Å². The topological polar surface area (TPSA) is 61.7 Å². The number of thiophene rings is 1. The van der Waals surface area contributed by atoms with Crippen LogP contribution in [-0.4, -0.2) is 11.5 Å². The predicted molar refractivity (Wildman–Crippen MR) is 80.9 cm³/mol. The average molecular weight is 292 g/mol. The number of aromatic nitrogens is 1. The lowest BCUT2D eigenvalue weighted by molar-refractivity contribution is 0.828. The second-order valence-corrected chi connectivity index (χ2v) is 6.40. The molecular weight excluding hydrogens is 276 g/mol. The average Bonchev–Trinajstić information content (AvgIpc) is 3.01. The molecule has 19 heavy (non-hydrogen) atoms. The molecule has 2 rings (SSSR count). The lowest BCUT2D eigenvalue weighted by Gasteiger charge is -1.95. The zero-order valence-electron chi connectivity index (χ0n) is 10.9. The zero-order valence-corrected chi connectivity index (χ0v) is 12.5. The highest BCUT2D eigenvalue weighted by molar-refractivity contribution is 7.10. The SMILES string of the molecule is Cc1nc(CCc2cc(CCCN=[N+]=[N-])cs2)cs1. The molecule has 100 valence electrons. The van der Waals surface area contributed by atoms with Gasteiger partial charge in [-0.25, -0.2) is 4.98 Å². The number of rotatable bonds is 7. The van der Waals surface area contributed by atoms with Crippen molar-refractivity contribution in [2.24, 2.45) is 5.11 Å². The quantitative estimate of drug-likeness (QED) is 0.320. The van der Waals surface area contributed by atoms with E-state index in [1.165, 1.54) is 16.1 Å². The Balaban J connectivity index is 1.78. The van der Waals surface area contributed by atoms with Crippen LogP contribution in [0.5, 0.6) is 0 Å². The second kappa shape index (κ2) is 7.28. The number of azide groups is 1. The smallest absolute Gasteiger partial charge is 0.0897 e. The first-order valence-electron chi connectivity index (χ1n) is 6.26. The summed E-state index contributed by atoms with van der Waals surface area (Å²) in [5.74, 6) is 0. The van der Waals surface area contributed by atoms with Crippen LogP contribution in [0, 0.1) is 6.92 Å². The van der Waals surface area contributed by atoms with E-state index in [0.717, 1.165) is 30.7 Å². The minimum Gasteiger partial charge on any atom is -0.247 e. The van der Waals surface area contributed by atoms with Gasteiger partial charge in [-0.05, 0) is 55.1 Å². The van der Waals surface area contributed by atoms with Crippen LogP contribution in [0.1, 0.15) is 27.6 Å². The molecule has 2 aromatic rings. The molecule has 2 heterocycles. The van der Waals surface area contributed by atoms with Crippen LogP contribution >= 0.6 is 22.7 Å². The summed E-state index contributed by atoms with van der Waals surface area (Å²) in [5.41, 5.74) is 10.7. The van der Waals surface area contributed by atoms with Crippen molar-refractivity contribution in [3.63, 3.8) is 0 Å². The van der Waals surface area contributed by atoms with Crippen molar-refractivity contribution in [1.82, 2.24) is 4.98 Å². The third kappa shape index (κ3) is 4.67. The van der Waals surface area contributed by atoms with E-state index in [1.807, 2.05) is 18.3 Å². The van der Waals surface area contributed by atoms with E-state index < -0.39 is 0 Å². The van der Waals surface area contributed by atoms with Crippen molar-refractivity contribution in [3.8, 4) is 0 Å². The fourth-order valence-electron chi connectivity index (χ4n) is 1.86. The van der Waals surface area contributed by atoms with Gasteiger partial charge in [0.2, 0.25) is 0 Å². The molecule has 0 amide bonds. The molecule has 0 saturated heterocycles. The molecule has 0 aliphatic carbocycles. The molecule has 6 heteroatoms. The van der Waals surface area contributed by atoms with E-state index >= 15 is 0 Å². The van der Waals surface area contributed by atoms with E-state index in [1.54, 1.807) is 11.3 Å². The van der Waals surface area contributed by atoms with Gasteiger partial charge < -0.3 is 0 Å². The molecule has 0 aromatic carbocycles.